The number of alkyl halides is 1. The van der Waals surface area contributed by atoms with Crippen LogP contribution in [0.2, 0.25) is 0 Å². The van der Waals surface area contributed by atoms with Gasteiger partial charge in [0.2, 0.25) is 0 Å². The first-order chi connectivity index (χ1) is 8.84. The molecule has 0 saturated carbocycles. The van der Waals surface area contributed by atoms with Crippen LogP contribution in [0, 0.1) is 5.92 Å². The number of hydrogen-bond acceptors (Lipinski definition) is 2. The van der Waals surface area contributed by atoms with E-state index in [4.69, 9.17) is 11.6 Å². The van der Waals surface area contributed by atoms with E-state index >= 15 is 0 Å². The van der Waals surface area contributed by atoms with Crippen molar-refractivity contribution in [3.8, 4) is 0 Å². The molecule has 0 aliphatic heterocycles. The summed E-state index contributed by atoms with van der Waals surface area (Å²) < 4.78 is 0. The molecule has 1 aromatic carbocycles. The Bertz CT molecular complexity index is 413. The molecule has 4 heteroatoms. The minimum atomic E-state index is -0.875. The number of amides is 1. The predicted octanol–water partition coefficient (Wildman–Crippen LogP) is 2.95. The van der Waals surface area contributed by atoms with Crippen LogP contribution in [-0.2, 0) is 5.88 Å². The molecule has 106 valence electrons. The molecule has 0 fully saturated rings. The topological polar surface area (TPSA) is 49.3 Å². The number of carbonyl (C=O) groups is 1. The van der Waals surface area contributed by atoms with Crippen LogP contribution in [0.15, 0.2) is 24.3 Å². The van der Waals surface area contributed by atoms with Crippen molar-refractivity contribution in [1.29, 1.82) is 0 Å². The van der Waals surface area contributed by atoms with Crippen LogP contribution in [-0.4, -0.2) is 23.2 Å². The summed E-state index contributed by atoms with van der Waals surface area (Å²) in [6, 6.07) is 7.14. The Labute approximate surface area is 120 Å². The molecule has 0 aliphatic carbocycles. The molecule has 1 atom stereocenters. The van der Waals surface area contributed by atoms with Gasteiger partial charge in [-0.25, -0.2) is 0 Å². The largest absolute Gasteiger partial charge is 0.388 e. The fourth-order valence-corrected chi connectivity index (χ4v) is 2.25. The molecule has 1 rings (SSSR count). The lowest BCUT2D eigenvalue weighted by molar-refractivity contribution is 0.0368. The van der Waals surface area contributed by atoms with Gasteiger partial charge in [-0.05, 0) is 37.0 Å². The zero-order valence-electron chi connectivity index (χ0n) is 11.7. The van der Waals surface area contributed by atoms with Gasteiger partial charge in [0.1, 0.15) is 0 Å². The molecule has 0 heterocycles. The first-order valence-electron chi connectivity index (χ1n) is 6.49. The predicted molar refractivity (Wildman–Crippen MR) is 78.4 cm³/mol. The monoisotopic (exact) mass is 283 g/mol. The summed E-state index contributed by atoms with van der Waals surface area (Å²) in [6.07, 6.45) is 0.651. The second-order valence-electron chi connectivity index (χ2n) is 5.61. The lowest BCUT2D eigenvalue weighted by Crippen LogP contribution is -2.41. The molecule has 1 unspecified atom stereocenters. The van der Waals surface area contributed by atoms with Crippen molar-refractivity contribution in [3.63, 3.8) is 0 Å². The molecule has 1 aromatic rings. The maximum atomic E-state index is 11.9. The fraction of sp³-hybridized carbons (Fsp3) is 0.533. The first kappa shape index (κ1) is 16.0. The Kier molecular flexibility index (Phi) is 5.83. The van der Waals surface area contributed by atoms with Gasteiger partial charge in [0.25, 0.3) is 5.91 Å². The Morgan fingerprint density at radius 1 is 1.37 bits per heavy atom. The minimum Gasteiger partial charge on any atom is -0.388 e. The molecule has 0 spiro atoms. The van der Waals surface area contributed by atoms with Crippen molar-refractivity contribution in [1.82, 2.24) is 5.32 Å². The zero-order chi connectivity index (χ0) is 14.5. The average molecular weight is 284 g/mol. The average Bonchev–Trinajstić information content (AvgIpc) is 2.34. The normalized spacial score (nSPS) is 14.2. The molecule has 1 amide bonds. The Balaban J connectivity index is 2.55. The molecule has 3 nitrogen and oxygen atoms in total. The third-order valence-electron chi connectivity index (χ3n) is 2.85. The molecular formula is C15H22ClNO2. The van der Waals surface area contributed by atoms with Gasteiger partial charge >= 0.3 is 0 Å². The number of carbonyl (C=O) groups excluding carboxylic acids is 1. The van der Waals surface area contributed by atoms with Crippen molar-refractivity contribution in [2.24, 2.45) is 5.92 Å². The maximum Gasteiger partial charge on any atom is 0.251 e. The highest BCUT2D eigenvalue weighted by Crippen LogP contribution is 2.15. The van der Waals surface area contributed by atoms with Gasteiger partial charge in [-0.3, -0.25) is 4.79 Å². The van der Waals surface area contributed by atoms with Gasteiger partial charge in [-0.2, -0.15) is 0 Å². The van der Waals surface area contributed by atoms with Crippen molar-refractivity contribution in [2.75, 3.05) is 6.54 Å². The molecule has 0 bridgehead atoms. The van der Waals surface area contributed by atoms with E-state index in [-0.39, 0.29) is 12.5 Å². The van der Waals surface area contributed by atoms with Crippen LogP contribution in [0.3, 0.4) is 0 Å². The third-order valence-corrected chi connectivity index (χ3v) is 3.16. The fourth-order valence-electron chi connectivity index (χ4n) is 2.07. The molecule has 0 radical (unpaired) electrons. The molecule has 0 saturated heterocycles. The molecule has 0 aromatic heterocycles. The first-order valence-corrected chi connectivity index (χ1v) is 7.03. The van der Waals surface area contributed by atoms with Gasteiger partial charge in [0.05, 0.1) is 5.60 Å². The van der Waals surface area contributed by atoms with Crippen molar-refractivity contribution < 1.29 is 9.90 Å². The SMILES string of the molecule is CC(C)CC(C)(O)CNC(=O)c1ccc(CCl)cc1. The summed E-state index contributed by atoms with van der Waals surface area (Å²) in [5, 5.41) is 12.9. The summed E-state index contributed by atoms with van der Waals surface area (Å²) in [5.74, 6) is 0.644. The van der Waals surface area contributed by atoms with E-state index in [9.17, 15) is 9.90 Å². The van der Waals surface area contributed by atoms with Crippen molar-refractivity contribution >= 4 is 17.5 Å². The summed E-state index contributed by atoms with van der Waals surface area (Å²) in [5.41, 5.74) is 0.680. The van der Waals surface area contributed by atoms with E-state index in [1.807, 2.05) is 26.0 Å². The van der Waals surface area contributed by atoms with Crippen molar-refractivity contribution in [3.05, 3.63) is 35.4 Å². The second-order valence-corrected chi connectivity index (χ2v) is 5.88. The summed E-state index contributed by atoms with van der Waals surface area (Å²) in [6.45, 7) is 6.08. The zero-order valence-corrected chi connectivity index (χ0v) is 12.5. The van der Waals surface area contributed by atoms with E-state index in [2.05, 4.69) is 5.32 Å². The van der Waals surface area contributed by atoms with Gasteiger partial charge in [-0.1, -0.05) is 26.0 Å². The Morgan fingerprint density at radius 2 is 1.95 bits per heavy atom. The van der Waals surface area contributed by atoms with Gasteiger partial charge in [-0.15, -0.1) is 11.6 Å². The van der Waals surface area contributed by atoms with Crippen molar-refractivity contribution in [2.45, 2.75) is 38.7 Å². The highest BCUT2D eigenvalue weighted by Gasteiger charge is 2.22. The van der Waals surface area contributed by atoms with Crippen LogP contribution in [0.5, 0.6) is 0 Å². The van der Waals surface area contributed by atoms with Crippen LogP contribution in [0.1, 0.15) is 43.1 Å². The van der Waals surface area contributed by atoms with E-state index in [0.717, 1.165) is 5.56 Å². The van der Waals surface area contributed by atoms with Crippen LogP contribution < -0.4 is 5.32 Å². The molecule has 2 N–H and O–H groups in total. The smallest absolute Gasteiger partial charge is 0.251 e. The second kappa shape index (κ2) is 6.92. The van der Waals surface area contributed by atoms with E-state index in [1.54, 1.807) is 19.1 Å². The van der Waals surface area contributed by atoms with E-state index in [0.29, 0.717) is 23.8 Å². The number of nitrogens with one attached hydrogen (secondary N) is 1. The third kappa shape index (κ3) is 5.62. The van der Waals surface area contributed by atoms with Crippen LogP contribution in [0.4, 0.5) is 0 Å². The number of benzene rings is 1. The number of hydrogen-bond donors (Lipinski definition) is 2. The van der Waals surface area contributed by atoms with Gasteiger partial charge < -0.3 is 10.4 Å². The van der Waals surface area contributed by atoms with Crippen LogP contribution in [0.25, 0.3) is 0 Å². The summed E-state index contributed by atoms with van der Waals surface area (Å²) in [7, 11) is 0. The van der Waals surface area contributed by atoms with E-state index < -0.39 is 5.60 Å². The Hall–Kier alpha value is -1.06. The standard InChI is InChI=1S/C15H22ClNO2/c1-11(2)8-15(3,19)10-17-14(18)13-6-4-12(9-16)5-7-13/h4-7,11,19H,8-10H2,1-3H3,(H,17,18). The number of aliphatic hydroxyl groups is 1. The van der Waals surface area contributed by atoms with E-state index in [1.165, 1.54) is 0 Å². The molecular weight excluding hydrogens is 262 g/mol. The molecule has 0 aliphatic rings. The highest BCUT2D eigenvalue weighted by molar-refractivity contribution is 6.17. The number of halogens is 1. The Morgan fingerprint density at radius 3 is 2.42 bits per heavy atom. The summed E-state index contributed by atoms with van der Waals surface area (Å²) in [4.78, 5) is 11.9. The van der Waals surface area contributed by atoms with Gasteiger partial charge in [0.15, 0.2) is 0 Å². The summed E-state index contributed by atoms with van der Waals surface area (Å²) >= 11 is 5.69. The quantitative estimate of drug-likeness (QED) is 0.789. The van der Waals surface area contributed by atoms with Gasteiger partial charge in [0, 0.05) is 18.0 Å². The molecule has 19 heavy (non-hydrogen) atoms. The van der Waals surface area contributed by atoms with Crippen LogP contribution >= 0.6 is 11.6 Å². The lowest BCUT2D eigenvalue weighted by atomic mass is 9.94. The maximum absolute atomic E-state index is 11.9. The highest BCUT2D eigenvalue weighted by atomic mass is 35.5. The minimum absolute atomic E-state index is 0.176. The lowest BCUT2D eigenvalue weighted by Gasteiger charge is -2.25. The number of rotatable bonds is 6.